The van der Waals surface area contributed by atoms with E-state index in [9.17, 15) is 28.0 Å². The number of aliphatic imine (C=N–C) groups is 1. The Morgan fingerprint density at radius 2 is 1.98 bits per heavy atom. The average Bonchev–Trinajstić information content (AvgIpc) is 3.33. The Bertz CT molecular complexity index is 1070. The van der Waals surface area contributed by atoms with Crippen molar-refractivity contribution in [3.63, 3.8) is 0 Å². The topological polar surface area (TPSA) is 129 Å². The zero-order chi connectivity index (χ0) is 29.9. The highest BCUT2D eigenvalue weighted by atomic mass is 19.4. The van der Waals surface area contributed by atoms with Crippen molar-refractivity contribution in [2.75, 3.05) is 32.9 Å². The number of hydrogen-bond acceptors (Lipinski definition) is 7. The number of halogens is 3. The molecule has 0 aromatic carbocycles. The molecule has 13 heteroatoms. The van der Waals surface area contributed by atoms with Crippen molar-refractivity contribution in [1.29, 1.82) is 5.26 Å². The number of ether oxygens (including phenoxy) is 2. The van der Waals surface area contributed by atoms with E-state index in [0.717, 1.165) is 18.4 Å². The number of carbonyl (C=O) groups excluding carboxylic acids is 2. The molecule has 2 N–H and O–H groups in total. The molecule has 3 atom stereocenters. The summed E-state index contributed by atoms with van der Waals surface area (Å²) in [5, 5.41) is 15.5. The number of nitrogens with one attached hydrogen (secondary N) is 2. The SMILES string of the molecule is CC(C)CCC(N=C(NC(=O)OCCC(F)(F)F)N1CCOCC1)C(=O)NC1(C#N)CCC(Cc2ccncc2)C1. The van der Waals surface area contributed by atoms with Gasteiger partial charge in [0, 0.05) is 25.5 Å². The lowest BCUT2D eigenvalue weighted by Crippen LogP contribution is -2.52. The Kier molecular flexibility index (Phi) is 11.8. The number of hydrogen-bond donors (Lipinski definition) is 2. The van der Waals surface area contributed by atoms with Crippen LogP contribution in [0.1, 0.15) is 57.9 Å². The van der Waals surface area contributed by atoms with Gasteiger partial charge in [-0.05, 0) is 68.1 Å². The first kappa shape index (κ1) is 32.1. The van der Waals surface area contributed by atoms with Crippen LogP contribution in [0.5, 0.6) is 0 Å². The average molecular weight is 581 g/mol. The van der Waals surface area contributed by atoms with Crippen molar-refractivity contribution in [3.8, 4) is 6.07 Å². The van der Waals surface area contributed by atoms with Crippen molar-refractivity contribution in [1.82, 2.24) is 20.5 Å². The quantitative estimate of drug-likeness (QED) is 0.317. The minimum Gasteiger partial charge on any atom is -0.449 e. The van der Waals surface area contributed by atoms with Crippen LogP contribution in [-0.2, 0) is 20.7 Å². The van der Waals surface area contributed by atoms with Gasteiger partial charge in [0.05, 0.1) is 25.7 Å². The number of guanidine groups is 1. The highest BCUT2D eigenvalue weighted by Gasteiger charge is 2.42. The van der Waals surface area contributed by atoms with E-state index in [2.05, 4.69) is 26.7 Å². The second kappa shape index (κ2) is 15.0. The molecular formula is C28H39F3N6O4. The van der Waals surface area contributed by atoms with E-state index in [4.69, 9.17) is 9.47 Å². The molecule has 2 amide bonds. The Hall–Kier alpha value is -3.40. The van der Waals surface area contributed by atoms with Crippen LogP contribution in [0, 0.1) is 23.2 Å². The molecule has 1 aliphatic carbocycles. The monoisotopic (exact) mass is 580 g/mol. The first-order valence-electron chi connectivity index (χ1n) is 14.0. The summed E-state index contributed by atoms with van der Waals surface area (Å²) in [6.45, 7) is 4.60. The van der Waals surface area contributed by atoms with Gasteiger partial charge in [0.1, 0.15) is 18.2 Å². The molecule has 1 aliphatic heterocycles. The third kappa shape index (κ3) is 10.8. The van der Waals surface area contributed by atoms with Crippen LogP contribution in [0.3, 0.4) is 0 Å². The van der Waals surface area contributed by atoms with Gasteiger partial charge in [-0.3, -0.25) is 15.1 Å². The number of alkyl halides is 3. The maximum absolute atomic E-state index is 13.6. The minimum absolute atomic E-state index is 0.0298. The zero-order valence-electron chi connectivity index (χ0n) is 23.6. The number of carbonyl (C=O) groups is 2. The Balaban J connectivity index is 1.76. The highest BCUT2D eigenvalue weighted by molar-refractivity contribution is 5.96. The van der Waals surface area contributed by atoms with Crippen LogP contribution in [0.2, 0.25) is 0 Å². The molecule has 3 unspecified atom stereocenters. The molecule has 3 rings (SSSR count). The van der Waals surface area contributed by atoms with Crippen LogP contribution in [0.25, 0.3) is 0 Å². The van der Waals surface area contributed by atoms with Crippen LogP contribution in [-0.4, -0.2) is 78.5 Å². The van der Waals surface area contributed by atoms with E-state index in [1.807, 2.05) is 26.0 Å². The van der Waals surface area contributed by atoms with Crippen molar-refractivity contribution >= 4 is 18.0 Å². The number of morpholine rings is 1. The lowest BCUT2D eigenvalue weighted by molar-refractivity contribution is -0.141. The molecule has 0 radical (unpaired) electrons. The summed E-state index contributed by atoms with van der Waals surface area (Å²) in [4.78, 5) is 36.3. The normalized spacial score (nSPS) is 22.2. The van der Waals surface area contributed by atoms with E-state index in [-0.39, 0.29) is 17.8 Å². The van der Waals surface area contributed by atoms with Gasteiger partial charge in [-0.25, -0.2) is 9.79 Å². The molecule has 2 aliphatic rings. The van der Waals surface area contributed by atoms with Gasteiger partial charge in [0.25, 0.3) is 0 Å². The van der Waals surface area contributed by atoms with E-state index in [0.29, 0.717) is 52.0 Å². The summed E-state index contributed by atoms with van der Waals surface area (Å²) >= 11 is 0. The van der Waals surface area contributed by atoms with Gasteiger partial charge < -0.3 is 19.7 Å². The van der Waals surface area contributed by atoms with Gasteiger partial charge in [0.15, 0.2) is 0 Å². The lowest BCUT2D eigenvalue weighted by atomic mass is 9.93. The molecule has 226 valence electrons. The summed E-state index contributed by atoms with van der Waals surface area (Å²) in [6, 6.07) is 5.27. The van der Waals surface area contributed by atoms with Crippen LogP contribution in [0.15, 0.2) is 29.5 Å². The van der Waals surface area contributed by atoms with E-state index >= 15 is 0 Å². The number of aromatic nitrogens is 1. The second-order valence-corrected chi connectivity index (χ2v) is 11.0. The van der Waals surface area contributed by atoms with Gasteiger partial charge in [-0.2, -0.15) is 18.4 Å². The molecule has 2 heterocycles. The standard InChI is InChI=1S/C28H39F3N6O4/c1-20(2)3-4-23(24(38)36-27(19-32)8-5-22(18-27)17-21-6-10-33-11-7-21)34-25(37-12-15-40-16-13-37)35-26(39)41-14-9-28(29,30)31/h6-7,10-11,20,22-23H,3-5,8-9,12-18H2,1-2H3,(H,36,38)(H,34,35,39). The van der Waals surface area contributed by atoms with Crippen molar-refractivity contribution in [2.24, 2.45) is 16.8 Å². The lowest BCUT2D eigenvalue weighted by Gasteiger charge is -2.31. The zero-order valence-corrected chi connectivity index (χ0v) is 23.6. The molecule has 2 fully saturated rings. The van der Waals surface area contributed by atoms with Gasteiger partial charge in [-0.15, -0.1) is 0 Å². The second-order valence-electron chi connectivity index (χ2n) is 11.0. The summed E-state index contributed by atoms with van der Waals surface area (Å²) in [6.07, 6.45) is 0.189. The third-order valence-corrected chi connectivity index (χ3v) is 7.21. The summed E-state index contributed by atoms with van der Waals surface area (Å²) in [5.74, 6) is 0.0674. The summed E-state index contributed by atoms with van der Waals surface area (Å²) in [5.41, 5.74) is 0.0801. The molecule has 0 bridgehead atoms. The third-order valence-electron chi connectivity index (χ3n) is 7.21. The Morgan fingerprint density at radius 1 is 1.27 bits per heavy atom. The minimum atomic E-state index is -4.46. The summed E-state index contributed by atoms with van der Waals surface area (Å²) < 4.78 is 47.6. The number of nitriles is 1. The predicted molar refractivity (Wildman–Crippen MR) is 145 cm³/mol. The molecule has 10 nitrogen and oxygen atoms in total. The number of rotatable bonds is 10. The van der Waals surface area contributed by atoms with Gasteiger partial charge in [0.2, 0.25) is 11.9 Å². The van der Waals surface area contributed by atoms with E-state index in [1.165, 1.54) is 0 Å². The molecule has 1 saturated carbocycles. The predicted octanol–water partition coefficient (Wildman–Crippen LogP) is 3.97. The van der Waals surface area contributed by atoms with Crippen LogP contribution < -0.4 is 10.6 Å². The molecule has 1 saturated heterocycles. The molecule has 1 aromatic rings. The number of nitrogens with zero attached hydrogens (tertiary/aromatic N) is 4. The number of pyridine rings is 1. The van der Waals surface area contributed by atoms with Gasteiger partial charge >= 0.3 is 12.3 Å². The van der Waals surface area contributed by atoms with Crippen molar-refractivity contribution in [3.05, 3.63) is 30.1 Å². The number of alkyl carbamates (subject to hydrolysis) is 1. The molecule has 1 aromatic heterocycles. The fraction of sp³-hybridized carbons (Fsp3) is 0.679. The molecule has 0 spiro atoms. The van der Waals surface area contributed by atoms with Crippen LogP contribution in [0.4, 0.5) is 18.0 Å². The van der Waals surface area contributed by atoms with Crippen molar-refractivity contribution < 1.29 is 32.2 Å². The Morgan fingerprint density at radius 3 is 2.61 bits per heavy atom. The first-order chi connectivity index (χ1) is 19.5. The number of amides is 2. The van der Waals surface area contributed by atoms with Gasteiger partial charge in [-0.1, -0.05) is 13.8 Å². The Labute approximate surface area is 238 Å². The van der Waals surface area contributed by atoms with Crippen LogP contribution >= 0.6 is 0 Å². The van der Waals surface area contributed by atoms with E-state index in [1.54, 1.807) is 17.3 Å². The molecule has 41 heavy (non-hydrogen) atoms. The highest BCUT2D eigenvalue weighted by Crippen LogP contribution is 2.36. The molecular weight excluding hydrogens is 541 g/mol. The first-order valence-corrected chi connectivity index (χ1v) is 14.0. The maximum atomic E-state index is 13.6. The summed E-state index contributed by atoms with van der Waals surface area (Å²) in [7, 11) is 0. The smallest absolute Gasteiger partial charge is 0.413 e. The van der Waals surface area contributed by atoms with E-state index < -0.39 is 42.8 Å². The maximum Gasteiger partial charge on any atom is 0.413 e. The fourth-order valence-corrected chi connectivity index (χ4v) is 4.98. The largest absolute Gasteiger partial charge is 0.449 e. The fourth-order valence-electron chi connectivity index (χ4n) is 4.98. The van der Waals surface area contributed by atoms with Crippen molar-refractivity contribution in [2.45, 2.75) is 76.6 Å².